The molecule has 2 amide bonds. The third-order valence-electron chi connectivity index (χ3n) is 11.1. The quantitative estimate of drug-likeness (QED) is 0.119. The number of piperazine rings is 1. The number of carbonyl (C=O) groups excluding carboxylic acids is 2. The number of carbonyl (C=O) groups is 2. The molecule has 2 bridgehead atoms. The average molecular weight is 762 g/mol. The number of fused-ring (bicyclic) bond motifs is 3. The van der Waals surface area contributed by atoms with E-state index < -0.39 is 0 Å². The minimum atomic E-state index is -0.378. The minimum absolute atomic E-state index is 0.157. The number of anilines is 1. The van der Waals surface area contributed by atoms with Crippen LogP contribution in [0.15, 0.2) is 66.9 Å². The molecule has 5 aromatic rings. The van der Waals surface area contributed by atoms with Crippen LogP contribution in [0.2, 0.25) is 5.02 Å². The number of nitrogens with one attached hydrogen (secondary N) is 4. The molecule has 12 nitrogen and oxygen atoms in total. The summed E-state index contributed by atoms with van der Waals surface area (Å²) in [6.07, 6.45) is 5.54. The molecule has 3 saturated heterocycles. The smallest absolute Gasteiger partial charge is 0.270 e. The van der Waals surface area contributed by atoms with Crippen molar-refractivity contribution in [2.75, 3.05) is 31.6 Å². The van der Waals surface area contributed by atoms with Crippen molar-refractivity contribution in [1.29, 1.82) is 0 Å². The van der Waals surface area contributed by atoms with Crippen LogP contribution < -0.4 is 21.3 Å². The molecule has 13 heteroatoms. The molecule has 0 spiro atoms. The Balaban J connectivity index is 0.932. The number of amides is 2. The Bertz CT molecular complexity index is 2200. The predicted octanol–water partition coefficient (Wildman–Crippen LogP) is 5.73. The lowest BCUT2D eigenvalue weighted by molar-refractivity contribution is 0.0904. The van der Waals surface area contributed by atoms with Crippen LogP contribution in [0.1, 0.15) is 76.5 Å². The molecule has 286 valence electrons. The van der Waals surface area contributed by atoms with E-state index in [4.69, 9.17) is 21.3 Å². The highest BCUT2D eigenvalue weighted by molar-refractivity contribution is 6.33. The normalized spacial score (nSPS) is 18.5. The summed E-state index contributed by atoms with van der Waals surface area (Å²) in [6, 6.07) is 20.7. The maximum atomic E-state index is 13.5. The van der Waals surface area contributed by atoms with Gasteiger partial charge in [-0.2, -0.15) is 5.10 Å². The van der Waals surface area contributed by atoms with E-state index in [1.165, 1.54) is 12.0 Å². The van der Waals surface area contributed by atoms with Crippen LogP contribution in [-0.4, -0.2) is 80.9 Å². The van der Waals surface area contributed by atoms with Gasteiger partial charge in [-0.1, -0.05) is 48.9 Å². The van der Waals surface area contributed by atoms with Gasteiger partial charge in [0.15, 0.2) is 5.65 Å². The van der Waals surface area contributed by atoms with Crippen molar-refractivity contribution >= 4 is 40.1 Å². The van der Waals surface area contributed by atoms with Gasteiger partial charge in [0.05, 0.1) is 17.3 Å². The molecule has 0 unspecified atom stereocenters. The molecule has 2 atom stereocenters. The summed E-state index contributed by atoms with van der Waals surface area (Å²) in [5, 5.41) is 19.5. The third kappa shape index (κ3) is 8.09. The Morgan fingerprint density at radius 1 is 0.945 bits per heavy atom. The molecule has 3 aromatic heterocycles. The molecule has 3 aliphatic rings. The van der Waals surface area contributed by atoms with Gasteiger partial charge in [0.2, 0.25) is 0 Å². The van der Waals surface area contributed by atoms with Crippen molar-refractivity contribution in [3.8, 4) is 11.1 Å². The van der Waals surface area contributed by atoms with Gasteiger partial charge in [-0.15, -0.1) is 0 Å². The fraction of sp³-hybridized carbons (Fsp3) is 0.405. The topological polar surface area (TPSA) is 138 Å². The van der Waals surface area contributed by atoms with E-state index in [1.807, 2.05) is 36.0 Å². The van der Waals surface area contributed by atoms with Crippen molar-refractivity contribution in [3.05, 3.63) is 106 Å². The molecule has 3 fully saturated rings. The molecule has 0 radical (unpaired) electrons. The number of halogens is 1. The first-order chi connectivity index (χ1) is 26.9. The second-order valence-corrected chi connectivity index (χ2v) is 15.1. The van der Waals surface area contributed by atoms with E-state index in [0.717, 1.165) is 77.1 Å². The summed E-state index contributed by atoms with van der Waals surface area (Å²) in [7, 11) is 0. The van der Waals surface area contributed by atoms with Gasteiger partial charge in [0.25, 0.3) is 11.8 Å². The summed E-state index contributed by atoms with van der Waals surface area (Å²) in [4.78, 5) is 38.9. The van der Waals surface area contributed by atoms with Crippen molar-refractivity contribution in [2.45, 2.75) is 83.8 Å². The average Bonchev–Trinajstić information content (AvgIpc) is 3.97. The van der Waals surface area contributed by atoms with Gasteiger partial charge in [0.1, 0.15) is 11.4 Å². The zero-order valence-electron chi connectivity index (χ0n) is 31.4. The Kier molecular flexibility index (Phi) is 11.1. The van der Waals surface area contributed by atoms with E-state index in [0.29, 0.717) is 43.3 Å². The first-order valence-electron chi connectivity index (χ1n) is 19.5. The molecule has 3 aliphatic heterocycles. The number of hydrogen-bond acceptors (Lipinski definition) is 9. The number of aromatic nitrogens is 4. The van der Waals surface area contributed by atoms with E-state index >= 15 is 0 Å². The van der Waals surface area contributed by atoms with E-state index in [1.54, 1.807) is 18.2 Å². The standard InChI is InChI=1S/C42H48ClN9O3/c1-3-36-33(39(48-29-13-15-55-16-14-29)34-23-47-52(4-2)40(34)50-36)22-46-42(54)38-10-6-9-37(49-38)41(53)45-20-26-11-12-35(43)32(18-26)28-8-5-7-27(17-28)24-51-25-30-19-31(51)21-44-30/h5-12,17-18,23,29-31,44H,3-4,13-16,19-22,24-25H2,1-2H3,(H,45,53)(H,46,54)(H,48,50)/t30-,31+/m0/s1. The first-order valence-corrected chi connectivity index (χ1v) is 19.8. The van der Waals surface area contributed by atoms with Gasteiger partial charge < -0.3 is 26.0 Å². The number of rotatable bonds is 13. The summed E-state index contributed by atoms with van der Waals surface area (Å²) < 4.78 is 7.49. The van der Waals surface area contributed by atoms with Crippen molar-refractivity contribution in [3.63, 3.8) is 0 Å². The zero-order chi connectivity index (χ0) is 37.9. The summed E-state index contributed by atoms with van der Waals surface area (Å²) in [6.45, 7) is 9.81. The molecule has 6 heterocycles. The van der Waals surface area contributed by atoms with E-state index in [2.05, 4.69) is 67.4 Å². The maximum absolute atomic E-state index is 13.5. The maximum Gasteiger partial charge on any atom is 0.270 e. The monoisotopic (exact) mass is 761 g/mol. The number of aryl methyl sites for hydroxylation is 2. The fourth-order valence-corrected chi connectivity index (χ4v) is 8.36. The third-order valence-corrected chi connectivity index (χ3v) is 11.4. The summed E-state index contributed by atoms with van der Waals surface area (Å²) in [5.41, 5.74) is 8.02. The van der Waals surface area contributed by atoms with Crippen molar-refractivity contribution < 1.29 is 14.3 Å². The number of benzene rings is 2. The lowest BCUT2D eigenvalue weighted by Gasteiger charge is -2.27. The highest BCUT2D eigenvalue weighted by atomic mass is 35.5. The Morgan fingerprint density at radius 2 is 1.73 bits per heavy atom. The minimum Gasteiger partial charge on any atom is -0.381 e. The molecular weight excluding hydrogens is 714 g/mol. The molecular formula is C42H48ClN9O3. The first kappa shape index (κ1) is 37.1. The lowest BCUT2D eigenvalue weighted by atomic mass is 10.0. The number of hydrogen-bond donors (Lipinski definition) is 4. The number of nitrogens with zero attached hydrogens (tertiary/aromatic N) is 5. The van der Waals surface area contributed by atoms with Gasteiger partial charge in [-0.05, 0) is 79.6 Å². The Morgan fingerprint density at radius 3 is 2.45 bits per heavy atom. The molecule has 4 N–H and O–H groups in total. The van der Waals surface area contributed by atoms with Crippen LogP contribution in [0.3, 0.4) is 0 Å². The molecule has 2 aromatic carbocycles. The largest absolute Gasteiger partial charge is 0.381 e. The molecule has 0 aliphatic carbocycles. The number of pyridine rings is 2. The summed E-state index contributed by atoms with van der Waals surface area (Å²) in [5.74, 6) is -0.752. The molecule has 8 rings (SSSR count). The van der Waals surface area contributed by atoms with Crippen LogP contribution in [0.5, 0.6) is 0 Å². The number of ether oxygens (including phenoxy) is 1. The zero-order valence-corrected chi connectivity index (χ0v) is 32.2. The van der Waals surface area contributed by atoms with Gasteiger partial charge >= 0.3 is 0 Å². The lowest BCUT2D eigenvalue weighted by Crippen LogP contribution is -2.42. The fourth-order valence-electron chi connectivity index (χ4n) is 8.14. The second kappa shape index (κ2) is 16.5. The van der Waals surface area contributed by atoms with Gasteiger partial charge in [-0.25, -0.2) is 14.6 Å². The van der Waals surface area contributed by atoms with E-state index in [9.17, 15) is 9.59 Å². The number of likely N-dealkylation sites (tertiary alicyclic amines) is 1. The van der Waals surface area contributed by atoms with Crippen LogP contribution in [0.4, 0.5) is 5.69 Å². The van der Waals surface area contributed by atoms with Crippen molar-refractivity contribution in [1.82, 2.24) is 40.6 Å². The van der Waals surface area contributed by atoms with Crippen LogP contribution >= 0.6 is 11.6 Å². The molecule has 0 saturated carbocycles. The van der Waals surface area contributed by atoms with Gasteiger partial charge in [-0.3, -0.25) is 14.5 Å². The predicted molar refractivity (Wildman–Crippen MR) is 214 cm³/mol. The van der Waals surface area contributed by atoms with Crippen LogP contribution in [0, 0.1) is 0 Å². The second-order valence-electron chi connectivity index (χ2n) is 14.7. The highest BCUT2D eigenvalue weighted by Crippen LogP contribution is 2.33. The van der Waals surface area contributed by atoms with Gasteiger partial charge in [0, 0.05) is 92.5 Å². The highest BCUT2D eigenvalue weighted by Gasteiger charge is 2.37. The molecule has 55 heavy (non-hydrogen) atoms. The Hall–Kier alpha value is -4.88. The van der Waals surface area contributed by atoms with Crippen LogP contribution in [0.25, 0.3) is 22.2 Å². The van der Waals surface area contributed by atoms with Crippen molar-refractivity contribution in [2.24, 2.45) is 0 Å². The van der Waals surface area contributed by atoms with E-state index in [-0.39, 0.29) is 42.3 Å². The Labute approximate surface area is 326 Å². The summed E-state index contributed by atoms with van der Waals surface area (Å²) >= 11 is 6.71. The SMILES string of the molecule is CCc1nc2c(cnn2CC)c(NC2CCOCC2)c1CNC(=O)c1cccc(C(=O)NCc2ccc(Cl)c(-c3cccc(CN4C[C@@H]5C[C@@H]4CN5)c3)c2)n1. The van der Waals surface area contributed by atoms with Crippen LogP contribution in [-0.2, 0) is 37.3 Å².